The minimum atomic E-state index is -0.370. The molecule has 0 unspecified atom stereocenters. The van der Waals surface area contributed by atoms with E-state index in [0.29, 0.717) is 11.3 Å². The molecule has 2 aromatic heterocycles. The number of hydrogen-bond donors (Lipinski definition) is 1. The predicted octanol–water partition coefficient (Wildman–Crippen LogP) is 3.14. The van der Waals surface area contributed by atoms with Crippen LogP contribution < -0.4 is 5.32 Å². The van der Waals surface area contributed by atoms with Crippen molar-refractivity contribution in [3.05, 3.63) is 89.5 Å². The Bertz CT molecular complexity index is 846. The third-order valence-electron chi connectivity index (χ3n) is 4.04. The number of aromatic nitrogens is 2. The van der Waals surface area contributed by atoms with Gasteiger partial charge in [-0.3, -0.25) is 14.6 Å². The minimum Gasteiger partial charge on any atom is -0.346 e. The van der Waals surface area contributed by atoms with Crippen LogP contribution in [0.25, 0.3) is 0 Å². The third kappa shape index (κ3) is 3.66. The number of ketones is 1. The normalized spacial score (nSPS) is 11.8. The molecule has 0 fully saturated rings. The summed E-state index contributed by atoms with van der Waals surface area (Å²) in [5.74, 6) is -0.325. The molecule has 5 nitrogen and oxygen atoms in total. The highest BCUT2D eigenvalue weighted by atomic mass is 16.2. The van der Waals surface area contributed by atoms with Crippen LogP contribution in [-0.4, -0.2) is 21.2 Å². The second-order valence-corrected chi connectivity index (χ2v) is 5.85. The Balaban J connectivity index is 1.93. The number of Topliss-reactive ketones (excluding diaryl/α,β-unsaturated/α-hetero) is 1. The first-order valence-electron chi connectivity index (χ1n) is 8.00. The topological polar surface area (TPSA) is 64.0 Å². The largest absolute Gasteiger partial charge is 0.346 e. The van der Waals surface area contributed by atoms with E-state index in [0.717, 1.165) is 11.3 Å². The van der Waals surface area contributed by atoms with E-state index in [2.05, 4.69) is 10.3 Å². The highest BCUT2D eigenvalue weighted by molar-refractivity contribution is 5.99. The smallest absolute Gasteiger partial charge is 0.268 e. The zero-order valence-corrected chi connectivity index (χ0v) is 14.1. The van der Waals surface area contributed by atoms with Gasteiger partial charge in [-0.25, -0.2) is 0 Å². The molecule has 3 aromatic rings. The van der Waals surface area contributed by atoms with Crippen molar-refractivity contribution in [3.8, 4) is 0 Å². The molecule has 0 spiro atoms. The van der Waals surface area contributed by atoms with E-state index in [-0.39, 0.29) is 17.7 Å². The Morgan fingerprint density at radius 1 is 1.08 bits per heavy atom. The van der Waals surface area contributed by atoms with E-state index in [1.807, 2.05) is 48.5 Å². The van der Waals surface area contributed by atoms with Crippen molar-refractivity contribution in [1.29, 1.82) is 0 Å². The minimum absolute atomic E-state index is 0.0704. The molecule has 3 rings (SSSR count). The average molecular weight is 333 g/mol. The standard InChI is InChI=1S/C20H19N3O2/c1-14(24)16-12-18(23(2)13-16)20(25)22-19(15-8-4-3-5-9-15)17-10-6-7-11-21-17/h3-13,19H,1-2H3,(H,22,25)/t19-/m0/s1. The Morgan fingerprint density at radius 2 is 1.80 bits per heavy atom. The van der Waals surface area contributed by atoms with Crippen LogP contribution in [-0.2, 0) is 7.05 Å². The number of benzene rings is 1. The zero-order chi connectivity index (χ0) is 17.8. The van der Waals surface area contributed by atoms with Crippen molar-refractivity contribution >= 4 is 11.7 Å². The van der Waals surface area contributed by atoms with Gasteiger partial charge < -0.3 is 9.88 Å². The molecule has 0 radical (unpaired) electrons. The van der Waals surface area contributed by atoms with Crippen molar-refractivity contribution < 1.29 is 9.59 Å². The first kappa shape index (κ1) is 16.6. The average Bonchev–Trinajstić information content (AvgIpc) is 3.03. The monoisotopic (exact) mass is 333 g/mol. The van der Waals surface area contributed by atoms with Crippen molar-refractivity contribution in [2.24, 2.45) is 7.05 Å². The Hall–Kier alpha value is -3.21. The molecule has 1 N–H and O–H groups in total. The predicted molar refractivity (Wildman–Crippen MR) is 95.4 cm³/mol. The maximum Gasteiger partial charge on any atom is 0.268 e. The van der Waals surface area contributed by atoms with Gasteiger partial charge in [0.05, 0.1) is 11.7 Å². The summed E-state index contributed by atoms with van der Waals surface area (Å²) in [7, 11) is 1.75. The molecule has 126 valence electrons. The molecule has 25 heavy (non-hydrogen) atoms. The van der Waals surface area contributed by atoms with Crippen LogP contribution in [0, 0.1) is 0 Å². The highest BCUT2D eigenvalue weighted by Gasteiger charge is 2.21. The van der Waals surface area contributed by atoms with E-state index in [9.17, 15) is 9.59 Å². The van der Waals surface area contributed by atoms with E-state index in [4.69, 9.17) is 0 Å². The fourth-order valence-corrected chi connectivity index (χ4v) is 2.71. The highest BCUT2D eigenvalue weighted by Crippen LogP contribution is 2.21. The quantitative estimate of drug-likeness (QED) is 0.730. The molecule has 0 saturated heterocycles. The number of amides is 1. The number of nitrogens with one attached hydrogen (secondary N) is 1. The molecular formula is C20H19N3O2. The molecule has 0 aliphatic heterocycles. The van der Waals surface area contributed by atoms with Crippen LogP contribution in [0.3, 0.4) is 0 Å². The number of hydrogen-bond acceptors (Lipinski definition) is 3. The summed E-state index contributed by atoms with van der Waals surface area (Å²) in [5.41, 5.74) is 2.64. The van der Waals surface area contributed by atoms with Gasteiger partial charge in [0.2, 0.25) is 0 Å². The van der Waals surface area contributed by atoms with Gasteiger partial charge in [0.15, 0.2) is 5.78 Å². The maximum absolute atomic E-state index is 12.8. The Morgan fingerprint density at radius 3 is 2.40 bits per heavy atom. The van der Waals surface area contributed by atoms with Crippen LogP contribution in [0.15, 0.2) is 67.0 Å². The lowest BCUT2D eigenvalue weighted by molar-refractivity contribution is 0.0934. The molecule has 1 aromatic carbocycles. The van der Waals surface area contributed by atoms with Gasteiger partial charge in [0.1, 0.15) is 5.69 Å². The number of carbonyl (C=O) groups excluding carboxylic acids is 2. The molecule has 0 aliphatic carbocycles. The van der Waals surface area contributed by atoms with Crippen LogP contribution in [0.2, 0.25) is 0 Å². The summed E-state index contributed by atoms with van der Waals surface area (Å²) in [6, 6.07) is 16.5. The van der Waals surface area contributed by atoms with Gasteiger partial charge >= 0.3 is 0 Å². The van der Waals surface area contributed by atoms with Crippen LogP contribution in [0.5, 0.6) is 0 Å². The van der Waals surface area contributed by atoms with E-state index >= 15 is 0 Å². The Kier molecular flexibility index (Phi) is 4.75. The summed E-state index contributed by atoms with van der Waals surface area (Å²) in [4.78, 5) is 28.7. The van der Waals surface area contributed by atoms with Crippen LogP contribution >= 0.6 is 0 Å². The van der Waals surface area contributed by atoms with Gasteiger partial charge in [0, 0.05) is 25.0 Å². The van der Waals surface area contributed by atoms with Crippen LogP contribution in [0.1, 0.15) is 45.1 Å². The molecule has 1 atom stereocenters. The fraction of sp³-hybridized carbons (Fsp3) is 0.150. The van der Waals surface area contributed by atoms with Gasteiger partial charge in [-0.05, 0) is 30.7 Å². The SMILES string of the molecule is CC(=O)c1cc(C(=O)N[C@@H](c2ccccc2)c2ccccn2)n(C)c1. The molecule has 1 amide bonds. The molecule has 2 heterocycles. The summed E-state index contributed by atoms with van der Waals surface area (Å²) in [5, 5.41) is 3.03. The second-order valence-electron chi connectivity index (χ2n) is 5.85. The summed E-state index contributed by atoms with van der Waals surface area (Å²) < 4.78 is 1.66. The number of nitrogens with zero attached hydrogens (tertiary/aromatic N) is 2. The molecule has 0 aliphatic rings. The van der Waals surface area contributed by atoms with Crippen LogP contribution in [0.4, 0.5) is 0 Å². The van der Waals surface area contributed by atoms with Gasteiger partial charge in [-0.2, -0.15) is 0 Å². The van der Waals surface area contributed by atoms with E-state index in [1.54, 1.807) is 30.1 Å². The Labute approximate surface area is 146 Å². The molecule has 5 heteroatoms. The van der Waals surface area contributed by atoms with Crippen molar-refractivity contribution in [2.75, 3.05) is 0 Å². The van der Waals surface area contributed by atoms with E-state index < -0.39 is 0 Å². The lowest BCUT2D eigenvalue weighted by atomic mass is 10.0. The molecule has 0 saturated carbocycles. The third-order valence-corrected chi connectivity index (χ3v) is 4.04. The lowest BCUT2D eigenvalue weighted by Crippen LogP contribution is -2.31. The van der Waals surface area contributed by atoms with E-state index in [1.165, 1.54) is 6.92 Å². The first-order chi connectivity index (χ1) is 12.1. The van der Waals surface area contributed by atoms with Crippen molar-refractivity contribution in [1.82, 2.24) is 14.9 Å². The molecular weight excluding hydrogens is 314 g/mol. The first-order valence-corrected chi connectivity index (χ1v) is 8.00. The van der Waals surface area contributed by atoms with Crippen molar-refractivity contribution in [3.63, 3.8) is 0 Å². The van der Waals surface area contributed by atoms with Gasteiger partial charge in [0.25, 0.3) is 5.91 Å². The summed E-state index contributed by atoms with van der Waals surface area (Å²) in [6.45, 7) is 1.48. The summed E-state index contributed by atoms with van der Waals surface area (Å²) in [6.07, 6.45) is 3.36. The number of pyridine rings is 1. The number of aryl methyl sites for hydroxylation is 1. The van der Waals surface area contributed by atoms with Gasteiger partial charge in [-0.1, -0.05) is 36.4 Å². The molecule has 0 bridgehead atoms. The van der Waals surface area contributed by atoms with Crippen molar-refractivity contribution in [2.45, 2.75) is 13.0 Å². The maximum atomic E-state index is 12.8. The number of carbonyl (C=O) groups is 2. The zero-order valence-electron chi connectivity index (χ0n) is 14.1. The fourth-order valence-electron chi connectivity index (χ4n) is 2.71. The summed E-state index contributed by atoms with van der Waals surface area (Å²) >= 11 is 0. The van der Waals surface area contributed by atoms with Gasteiger partial charge in [-0.15, -0.1) is 0 Å². The lowest BCUT2D eigenvalue weighted by Gasteiger charge is -2.19. The number of rotatable bonds is 5. The second kappa shape index (κ2) is 7.13.